The Morgan fingerprint density at radius 2 is 2.11 bits per heavy atom. The maximum absolute atomic E-state index is 11.6. The number of aliphatic carboxylic acids is 1. The molecular formula is C21H23BrClNO3. The van der Waals surface area contributed by atoms with E-state index in [4.69, 9.17) is 16.3 Å². The van der Waals surface area contributed by atoms with Gasteiger partial charge in [0.1, 0.15) is 5.75 Å². The maximum Gasteiger partial charge on any atom is 0.307 e. The predicted molar refractivity (Wildman–Crippen MR) is 111 cm³/mol. The van der Waals surface area contributed by atoms with Crippen LogP contribution in [0, 0.1) is 5.92 Å². The van der Waals surface area contributed by atoms with Gasteiger partial charge in [-0.2, -0.15) is 0 Å². The van der Waals surface area contributed by atoms with Crippen molar-refractivity contribution in [1.82, 2.24) is 4.90 Å². The molecule has 144 valence electrons. The van der Waals surface area contributed by atoms with Crippen LogP contribution in [-0.4, -0.2) is 35.7 Å². The fourth-order valence-corrected chi connectivity index (χ4v) is 4.40. The highest BCUT2D eigenvalue weighted by Crippen LogP contribution is 2.41. The van der Waals surface area contributed by atoms with Gasteiger partial charge < -0.3 is 9.84 Å². The third-order valence-corrected chi connectivity index (χ3v) is 5.89. The van der Waals surface area contributed by atoms with E-state index in [0.29, 0.717) is 24.6 Å². The molecule has 2 aromatic rings. The van der Waals surface area contributed by atoms with Gasteiger partial charge in [-0.05, 0) is 56.1 Å². The van der Waals surface area contributed by atoms with Crippen molar-refractivity contribution in [3.8, 4) is 5.75 Å². The first-order chi connectivity index (χ1) is 13.0. The summed E-state index contributed by atoms with van der Waals surface area (Å²) >= 11 is 10.00. The van der Waals surface area contributed by atoms with Crippen LogP contribution >= 0.6 is 27.5 Å². The zero-order chi connectivity index (χ0) is 19.4. The van der Waals surface area contributed by atoms with Crippen molar-refractivity contribution in [3.63, 3.8) is 0 Å². The molecule has 2 atom stereocenters. The minimum absolute atomic E-state index is 0.136. The van der Waals surface area contributed by atoms with E-state index in [1.54, 1.807) is 0 Å². The first kappa shape index (κ1) is 20.2. The van der Waals surface area contributed by atoms with Crippen LogP contribution in [0.25, 0.3) is 0 Å². The number of carbonyl (C=O) groups is 1. The van der Waals surface area contributed by atoms with Gasteiger partial charge in [-0.15, -0.1) is 0 Å². The van der Waals surface area contributed by atoms with Crippen molar-refractivity contribution in [1.29, 1.82) is 0 Å². The fourth-order valence-electron chi connectivity index (χ4n) is 3.72. The Morgan fingerprint density at radius 1 is 1.33 bits per heavy atom. The predicted octanol–water partition coefficient (Wildman–Crippen LogP) is 5.39. The second kappa shape index (κ2) is 9.09. The summed E-state index contributed by atoms with van der Waals surface area (Å²) in [7, 11) is 0. The molecule has 0 aliphatic carbocycles. The molecular weight excluding hydrogens is 430 g/mol. The van der Waals surface area contributed by atoms with E-state index in [1.807, 2.05) is 43.3 Å². The van der Waals surface area contributed by atoms with Gasteiger partial charge in [0.05, 0.1) is 18.6 Å². The molecule has 1 heterocycles. The highest BCUT2D eigenvalue weighted by atomic mass is 79.9. The number of halogens is 2. The van der Waals surface area contributed by atoms with Crippen LogP contribution < -0.4 is 4.74 Å². The minimum atomic E-state index is -0.735. The van der Waals surface area contributed by atoms with Gasteiger partial charge in [-0.25, -0.2) is 0 Å². The Kier molecular flexibility index (Phi) is 6.79. The van der Waals surface area contributed by atoms with Crippen molar-refractivity contribution in [3.05, 3.63) is 63.1 Å². The summed E-state index contributed by atoms with van der Waals surface area (Å²) in [5.74, 6) is -0.319. The van der Waals surface area contributed by atoms with E-state index >= 15 is 0 Å². The molecule has 2 unspecified atom stereocenters. The lowest BCUT2D eigenvalue weighted by atomic mass is 9.91. The van der Waals surface area contributed by atoms with Crippen LogP contribution in [0.15, 0.2) is 46.9 Å². The quantitative estimate of drug-likeness (QED) is 0.638. The number of carboxylic acids is 1. The SMILES string of the molecule is CCOc1ccc(Cl)cc1C(c1ccccc1Br)N1CCCC(C(=O)O)C1. The van der Waals surface area contributed by atoms with Gasteiger partial charge in [0.25, 0.3) is 0 Å². The van der Waals surface area contributed by atoms with Crippen LogP contribution in [0.1, 0.15) is 36.9 Å². The number of benzene rings is 2. The van der Waals surface area contributed by atoms with E-state index in [9.17, 15) is 9.90 Å². The number of nitrogens with zero attached hydrogens (tertiary/aromatic N) is 1. The second-order valence-electron chi connectivity index (χ2n) is 6.71. The molecule has 6 heteroatoms. The second-order valence-corrected chi connectivity index (χ2v) is 8.00. The molecule has 1 aliphatic rings. The first-order valence-corrected chi connectivity index (χ1v) is 10.3. The van der Waals surface area contributed by atoms with Gasteiger partial charge in [0.2, 0.25) is 0 Å². The summed E-state index contributed by atoms with van der Waals surface area (Å²) < 4.78 is 6.86. The maximum atomic E-state index is 11.6. The van der Waals surface area contributed by atoms with E-state index in [2.05, 4.69) is 26.9 Å². The number of carboxylic acid groups (broad SMARTS) is 1. The Hall–Kier alpha value is -1.56. The normalized spacial score (nSPS) is 18.9. The van der Waals surface area contributed by atoms with Crippen LogP contribution in [0.2, 0.25) is 5.02 Å². The molecule has 1 N–H and O–H groups in total. The summed E-state index contributed by atoms with van der Waals surface area (Å²) in [5.41, 5.74) is 2.04. The fraction of sp³-hybridized carbons (Fsp3) is 0.381. The molecule has 1 aliphatic heterocycles. The number of piperidine rings is 1. The first-order valence-electron chi connectivity index (χ1n) is 9.14. The summed E-state index contributed by atoms with van der Waals surface area (Å²) in [6.07, 6.45) is 1.56. The Bertz CT molecular complexity index is 814. The molecule has 0 bridgehead atoms. The summed E-state index contributed by atoms with van der Waals surface area (Å²) in [4.78, 5) is 13.8. The van der Waals surface area contributed by atoms with Crippen molar-refractivity contribution in [2.45, 2.75) is 25.8 Å². The van der Waals surface area contributed by atoms with Gasteiger partial charge in [0, 0.05) is 21.6 Å². The molecule has 0 aromatic heterocycles. The third-order valence-electron chi connectivity index (χ3n) is 4.93. The third kappa shape index (κ3) is 4.65. The monoisotopic (exact) mass is 451 g/mol. The lowest BCUT2D eigenvalue weighted by Gasteiger charge is -2.38. The molecule has 4 nitrogen and oxygen atoms in total. The Labute approximate surface area is 173 Å². The molecule has 0 saturated carbocycles. The highest BCUT2D eigenvalue weighted by Gasteiger charge is 2.33. The highest BCUT2D eigenvalue weighted by molar-refractivity contribution is 9.10. The summed E-state index contributed by atoms with van der Waals surface area (Å²) in [5, 5.41) is 10.2. The minimum Gasteiger partial charge on any atom is -0.494 e. The Balaban J connectivity index is 2.10. The van der Waals surface area contributed by atoms with E-state index in [0.717, 1.165) is 34.3 Å². The molecule has 0 radical (unpaired) electrons. The zero-order valence-electron chi connectivity index (χ0n) is 15.2. The lowest BCUT2D eigenvalue weighted by molar-refractivity contribution is -0.143. The van der Waals surface area contributed by atoms with Crippen LogP contribution in [0.5, 0.6) is 5.75 Å². The zero-order valence-corrected chi connectivity index (χ0v) is 17.5. The molecule has 27 heavy (non-hydrogen) atoms. The number of likely N-dealkylation sites (tertiary alicyclic amines) is 1. The standard InChI is InChI=1S/C21H23BrClNO3/c1-2-27-19-10-9-15(23)12-17(19)20(16-7-3-4-8-18(16)22)24-11-5-6-14(13-24)21(25)26/h3-4,7-10,12,14,20H,2,5-6,11,13H2,1H3,(H,25,26). The molecule has 2 aromatic carbocycles. The van der Waals surface area contributed by atoms with Gasteiger partial charge in [-0.1, -0.05) is 45.7 Å². The van der Waals surface area contributed by atoms with Crippen molar-refractivity contribution in [2.75, 3.05) is 19.7 Å². The number of hydrogen-bond donors (Lipinski definition) is 1. The van der Waals surface area contributed by atoms with Gasteiger partial charge in [-0.3, -0.25) is 9.69 Å². The van der Waals surface area contributed by atoms with Crippen LogP contribution in [0.4, 0.5) is 0 Å². The molecule has 0 amide bonds. The average Bonchev–Trinajstić information content (AvgIpc) is 2.66. The largest absolute Gasteiger partial charge is 0.494 e. The smallest absolute Gasteiger partial charge is 0.307 e. The summed E-state index contributed by atoms with van der Waals surface area (Å²) in [6, 6.07) is 13.6. The topological polar surface area (TPSA) is 49.8 Å². The number of ether oxygens (including phenoxy) is 1. The van der Waals surface area contributed by atoms with Crippen molar-refractivity contribution >= 4 is 33.5 Å². The van der Waals surface area contributed by atoms with E-state index in [-0.39, 0.29) is 12.0 Å². The van der Waals surface area contributed by atoms with Gasteiger partial charge in [0.15, 0.2) is 0 Å². The van der Waals surface area contributed by atoms with Gasteiger partial charge >= 0.3 is 5.97 Å². The van der Waals surface area contributed by atoms with E-state index in [1.165, 1.54) is 0 Å². The van der Waals surface area contributed by atoms with Crippen molar-refractivity contribution in [2.24, 2.45) is 5.92 Å². The summed E-state index contributed by atoms with van der Waals surface area (Å²) in [6.45, 7) is 3.83. The van der Waals surface area contributed by atoms with Crippen LogP contribution in [0.3, 0.4) is 0 Å². The molecule has 1 fully saturated rings. The molecule has 3 rings (SSSR count). The van der Waals surface area contributed by atoms with E-state index < -0.39 is 5.97 Å². The van der Waals surface area contributed by atoms with Crippen molar-refractivity contribution < 1.29 is 14.6 Å². The lowest BCUT2D eigenvalue weighted by Crippen LogP contribution is -2.41. The molecule has 1 saturated heterocycles. The molecule has 0 spiro atoms. The van der Waals surface area contributed by atoms with Crippen LogP contribution in [-0.2, 0) is 4.79 Å². The number of hydrogen-bond acceptors (Lipinski definition) is 3. The average molecular weight is 453 g/mol. The number of rotatable bonds is 6. The Morgan fingerprint density at radius 3 is 2.81 bits per heavy atom.